The summed E-state index contributed by atoms with van der Waals surface area (Å²) in [6.07, 6.45) is 0.307. The SMILES string of the molecule is C/C=C(O)\C(O)=C/CC(C)/C=C(\C#N)c1ccc(C(F)(F)F)cc1.CC. The summed E-state index contributed by atoms with van der Waals surface area (Å²) in [5.74, 6) is -0.658. The van der Waals surface area contributed by atoms with E-state index in [0.717, 1.165) is 12.1 Å². The Bertz CT molecular complexity index is 693. The highest BCUT2D eigenvalue weighted by Gasteiger charge is 2.30. The predicted molar refractivity (Wildman–Crippen MR) is 97.3 cm³/mol. The van der Waals surface area contributed by atoms with E-state index in [4.69, 9.17) is 0 Å². The van der Waals surface area contributed by atoms with Crippen LogP contribution in [0.15, 0.2) is 54.0 Å². The molecule has 1 unspecified atom stereocenters. The van der Waals surface area contributed by atoms with Gasteiger partial charge < -0.3 is 10.2 Å². The summed E-state index contributed by atoms with van der Waals surface area (Å²) < 4.78 is 37.6. The molecule has 0 aliphatic rings. The maximum atomic E-state index is 12.5. The number of alkyl halides is 3. The molecule has 0 aliphatic heterocycles. The van der Waals surface area contributed by atoms with Crippen molar-refractivity contribution in [2.75, 3.05) is 0 Å². The van der Waals surface area contributed by atoms with Crippen molar-refractivity contribution in [1.82, 2.24) is 0 Å². The summed E-state index contributed by atoms with van der Waals surface area (Å²) in [4.78, 5) is 0. The Balaban J connectivity index is 0.00000301. The van der Waals surface area contributed by atoms with E-state index in [1.54, 1.807) is 19.9 Å². The average molecular weight is 367 g/mol. The lowest BCUT2D eigenvalue weighted by Gasteiger charge is -2.08. The van der Waals surface area contributed by atoms with Crippen LogP contribution >= 0.6 is 0 Å². The van der Waals surface area contributed by atoms with Crippen LogP contribution in [0.25, 0.3) is 5.57 Å². The zero-order chi connectivity index (χ0) is 20.3. The number of nitrogens with zero attached hydrogens (tertiary/aromatic N) is 1. The van der Waals surface area contributed by atoms with Gasteiger partial charge in [-0.25, -0.2) is 0 Å². The van der Waals surface area contributed by atoms with E-state index in [1.165, 1.54) is 24.3 Å². The van der Waals surface area contributed by atoms with Gasteiger partial charge in [0.1, 0.15) is 0 Å². The molecule has 0 fully saturated rings. The highest BCUT2D eigenvalue weighted by atomic mass is 19.4. The van der Waals surface area contributed by atoms with Crippen molar-refractivity contribution in [1.29, 1.82) is 5.26 Å². The summed E-state index contributed by atoms with van der Waals surface area (Å²) in [7, 11) is 0. The van der Waals surface area contributed by atoms with E-state index in [1.807, 2.05) is 19.9 Å². The average Bonchev–Trinajstić information content (AvgIpc) is 2.64. The molecular weight excluding hydrogens is 343 g/mol. The lowest BCUT2D eigenvalue weighted by molar-refractivity contribution is -0.137. The molecule has 1 aromatic rings. The topological polar surface area (TPSA) is 64.2 Å². The van der Waals surface area contributed by atoms with Gasteiger partial charge in [0, 0.05) is 0 Å². The van der Waals surface area contributed by atoms with Crippen LogP contribution in [0.4, 0.5) is 13.2 Å². The third kappa shape index (κ3) is 7.47. The van der Waals surface area contributed by atoms with Crippen LogP contribution in [0.5, 0.6) is 0 Å². The first-order valence-electron chi connectivity index (χ1n) is 8.23. The molecule has 2 N–H and O–H groups in total. The second-order valence-electron chi connectivity index (χ2n) is 5.24. The summed E-state index contributed by atoms with van der Waals surface area (Å²) in [6.45, 7) is 7.36. The van der Waals surface area contributed by atoms with Crippen molar-refractivity contribution in [3.63, 3.8) is 0 Å². The number of benzene rings is 1. The second-order valence-corrected chi connectivity index (χ2v) is 5.24. The van der Waals surface area contributed by atoms with Gasteiger partial charge >= 0.3 is 6.18 Å². The summed E-state index contributed by atoms with van der Waals surface area (Å²) in [6, 6.07) is 6.34. The summed E-state index contributed by atoms with van der Waals surface area (Å²) in [5, 5.41) is 28.1. The predicted octanol–water partition coefficient (Wildman–Crippen LogP) is 6.57. The number of halogens is 3. The number of rotatable bonds is 5. The van der Waals surface area contributed by atoms with E-state index >= 15 is 0 Å². The van der Waals surface area contributed by atoms with Crippen LogP contribution in [0.3, 0.4) is 0 Å². The fraction of sp³-hybridized carbons (Fsp3) is 0.350. The molecule has 1 atom stereocenters. The smallest absolute Gasteiger partial charge is 0.416 e. The number of allylic oxidation sites excluding steroid dienone is 4. The Labute approximate surface area is 152 Å². The van der Waals surface area contributed by atoms with Crippen LogP contribution in [-0.2, 0) is 6.18 Å². The highest BCUT2D eigenvalue weighted by molar-refractivity contribution is 5.76. The number of hydrogen-bond donors (Lipinski definition) is 2. The molecule has 0 aliphatic carbocycles. The van der Waals surface area contributed by atoms with Crippen molar-refractivity contribution >= 4 is 5.57 Å². The van der Waals surface area contributed by atoms with Crippen molar-refractivity contribution in [2.45, 2.75) is 40.3 Å². The van der Waals surface area contributed by atoms with Gasteiger partial charge in [-0.1, -0.05) is 39.0 Å². The fourth-order valence-corrected chi connectivity index (χ4v) is 1.94. The zero-order valence-electron chi connectivity index (χ0n) is 15.3. The lowest BCUT2D eigenvalue weighted by atomic mass is 9.98. The van der Waals surface area contributed by atoms with Gasteiger partial charge in [0.15, 0.2) is 11.5 Å². The Kier molecular flexibility index (Phi) is 9.90. The molecule has 0 heterocycles. The molecular formula is C20H24F3NO2. The standard InChI is InChI=1S/C18H18F3NO2.C2H6/c1-3-16(23)17(24)9-4-12(2)10-14(11-22)13-5-7-15(8-6-13)18(19,20)21;1-2/h3,5-10,12,23-24H,4H2,1-2H3;1-2H3/b14-10+,16-3+,17-9+;. The first-order valence-corrected chi connectivity index (χ1v) is 8.23. The molecule has 26 heavy (non-hydrogen) atoms. The Morgan fingerprint density at radius 3 is 2.12 bits per heavy atom. The Hall–Kier alpha value is -2.68. The first-order chi connectivity index (χ1) is 12.2. The molecule has 0 radical (unpaired) electrons. The molecule has 0 saturated carbocycles. The monoisotopic (exact) mass is 367 g/mol. The Morgan fingerprint density at radius 1 is 1.15 bits per heavy atom. The number of nitriles is 1. The van der Waals surface area contributed by atoms with Gasteiger partial charge in [0.25, 0.3) is 0 Å². The van der Waals surface area contributed by atoms with Crippen LogP contribution in [-0.4, -0.2) is 10.2 Å². The quantitative estimate of drug-likeness (QED) is 0.351. The maximum Gasteiger partial charge on any atom is 0.416 e. The molecule has 0 aromatic heterocycles. The number of hydrogen-bond acceptors (Lipinski definition) is 3. The van der Waals surface area contributed by atoms with E-state index < -0.39 is 11.7 Å². The van der Waals surface area contributed by atoms with E-state index in [-0.39, 0.29) is 23.0 Å². The third-order valence-electron chi connectivity index (χ3n) is 3.31. The van der Waals surface area contributed by atoms with E-state index in [9.17, 15) is 28.6 Å². The highest BCUT2D eigenvalue weighted by Crippen LogP contribution is 2.30. The summed E-state index contributed by atoms with van der Waals surface area (Å²) >= 11 is 0. The van der Waals surface area contributed by atoms with Gasteiger partial charge in [-0.05, 0) is 49.1 Å². The van der Waals surface area contributed by atoms with Crippen LogP contribution < -0.4 is 0 Å². The second kappa shape index (κ2) is 11.0. The van der Waals surface area contributed by atoms with Gasteiger partial charge in [-0.3, -0.25) is 0 Å². The minimum atomic E-state index is -4.42. The van der Waals surface area contributed by atoms with Gasteiger partial charge in [0.2, 0.25) is 0 Å². The minimum Gasteiger partial charge on any atom is -0.504 e. The minimum absolute atomic E-state index is 0.159. The fourth-order valence-electron chi connectivity index (χ4n) is 1.94. The van der Waals surface area contributed by atoms with Crippen molar-refractivity contribution < 1.29 is 23.4 Å². The number of aliphatic hydroxyl groups is 2. The molecule has 3 nitrogen and oxygen atoms in total. The zero-order valence-corrected chi connectivity index (χ0v) is 15.3. The molecule has 1 aromatic carbocycles. The number of aliphatic hydroxyl groups excluding tert-OH is 2. The summed E-state index contributed by atoms with van der Waals surface area (Å²) in [5.41, 5.74) is -0.132. The van der Waals surface area contributed by atoms with Crippen LogP contribution in [0, 0.1) is 17.2 Å². The van der Waals surface area contributed by atoms with Gasteiger partial charge in [-0.15, -0.1) is 0 Å². The molecule has 142 valence electrons. The van der Waals surface area contributed by atoms with Crippen molar-refractivity contribution in [3.05, 3.63) is 65.1 Å². The van der Waals surface area contributed by atoms with Crippen molar-refractivity contribution in [3.8, 4) is 6.07 Å². The third-order valence-corrected chi connectivity index (χ3v) is 3.31. The molecule has 0 amide bonds. The molecule has 0 spiro atoms. The molecule has 0 bridgehead atoms. The Morgan fingerprint density at radius 2 is 1.69 bits per heavy atom. The molecule has 0 saturated heterocycles. The largest absolute Gasteiger partial charge is 0.504 e. The van der Waals surface area contributed by atoms with E-state index in [2.05, 4.69) is 0 Å². The molecule has 1 rings (SSSR count). The van der Waals surface area contributed by atoms with Gasteiger partial charge in [0.05, 0.1) is 17.2 Å². The van der Waals surface area contributed by atoms with Gasteiger partial charge in [-0.2, -0.15) is 18.4 Å². The first kappa shape index (κ1) is 23.3. The normalized spacial score (nSPS) is 14.2. The maximum absolute atomic E-state index is 12.5. The van der Waals surface area contributed by atoms with E-state index in [0.29, 0.717) is 12.0 Å². The van der Waals surface area contributed by atoms with Crippen molar-refractivity contribution in [2.24, 2.45) is 5.92 Å². The van der Waals surface area contributed by atoms with Crippen LogP contribution in [0.2, 0.25) is 0 Å². The van der Waals surface area contributed by atoms with Crippen LogP contribution in [0.1, 0.15) is 45.2 Å². The lowest BCUT2D eigenvalue weighted by Crippen LogP contribution is -2.04. The molecule has 6 heteroatoms.